The fourth-order valence-electron chi connectivity index (χ4n) is 3.25. The summed E-state index contributed by atoms with van der Waals surface area (Å²) in [7, 11) is 0. The van der Waals surface area contributed by atoms with Gasteiger partial charge < -0.3 is 10.2 Å². The number of amides is 2. The Kier molecular flexibility index (Phi) is 10.9. The van der Waals surface area contributed by atoms with E-state index < -0.39 is 6.04 Å². The van der Waals surface area contributed by atoms with Crippen LogP contribution < -0.4 is 5.32 Å². The molecule has 32 heavy (non-hydrogen) atoms. The molecule has 0 aliphatic carbocycles. The normalized spacial score (nSPS) is 12.8. The Labute approximate surface area is 206 Å². The van der Waals surface area contributed by atoms with Crippen molar-refractivity contribution in [1.82, 2.24) is 10.2 Å². The highest BCUT2D eigenvalue weighted by Crippen LogP contribution is 2.28. The molecule has 0 aliphatic rings. The van der Waals surface area contributed by atoms with E-state index >= 15 is 0 Å². The first kappa shape index (κ1) is 26.6. The predicted octanol–water partition coefficient (Wildman–Crippen LogP) is 6.51. The third-order valence-corrected chi connectivity index (χ3v) is 7.10. The SMILES string of the molecule is CC[C@H](C(=O)N[C@@H](C)CC)N(Cc1c(Cl)cccc1Cl)C(=O)CCSc1ccc(C)cc1. The fourth-order valence-corrected chi connectivity index (χ4v) is 4.61. The molecular formula is C25H32Cl2N2O2S. The van der Waals surface area contributed by atoms with E-state index in [2.05, 4.69) is 29.6 Å². The zero-order chi connectivity index (χ0) is 23.7. The number of halogens is 2. The zero-order valence-electron chi connectivity index (χ0n) is 19.2. The second-order valence-electron chi connectivity index (χ2n) is 7.88. The van der Waals surface area contributed by atoms with E-state index in [0.717, 1.165) is 11.3 Å². The zero-order valence-corrected chi connectivity index (χ0v) is 21.5. The lowest BCUT2D eigenvalue weighted by atomic mass is 10.1. The van der Waals surface area contributed by atoms with Crippen LogP contribution in [0.15, 0.2) is 47.4 Å². The molecule has 2 aromatic rings. The van der Waals surface area contributed by atoms with Gasteiger partial charge in [-0.25, -0.2) is 0 Å². The van der Waals surface area contributed by atoms with Crippen LogP contribution in [0.2, 0.25) is 10.0 Å². The van der Waals surface area contributed by atoms with Crippen molar-refractivity contribution in [2.24, 2.45) is 0 Å². The van der Waals surface area contributed by atoms with E-state index in [4.69, 9.17) is 23.2 Å². The van der Waals surface area contributed by atoms with Crippen molar-refractivity contribution in [2.45, 2.75) is 70.5 Å². The van der Waals surface area contributed by atoms with Crippen molar-refractivity contribution in [2.75, 3.05) is 5.75 Å². The van der Waals surface area contributed by atoms with E-state index in [1.54, 1.807) is 34.9 Å². The van der Waals surface area contributed by atoms with Gasteiger partial charge in [-0.05, 0) is 51.0 Å². The van der Waals surface area contributed by atoms with Crippen molar-refractivity contribution < 1.29 is 9.59 Å². The van der Waals surface area contributed by atoms with Gasteiger partial charge in [0.15, 0.2) is 0 Å². The average Bonchev–Trinajstić information content (AvgIpc) is 2.76. The van der Waals surface area contributed by atoms with Crippen LogP contribution >= 0.6 is 35.0 Å². The molecule has 0 fully saturated rings. The topological polar surface area (TPSA) is 49.4 Å². The van der Waals surface area contributed by atoms with Crippen molar-refractivity contribution in [3.63, 3.8) is 0 Å². The van der Waals surface area contributed by atoms with Crippen LogP contribution in [0.5, 0.6) is 0 Å². The second-order valence-corrected chi connectivity index (χ2v) is 9.86. The van der Waals surface area contributed by atoms with Gasteiger partial charge >= 0.3 is 0 Å². The summed E-state index contributed by atoms with van der Waals surface area (Å²) in [6.07, 6.45) is 1.63. The number of aryl methyl sites for hydroxylation is 1. The van der Waals surface area contributed by atoms with Gasteiger partial charge in [0.25, 0.3) is 0 Å². The molecule has 4 nitrogen and oxygen atoms in total. The van der Waals surface area contributed by atoms with Gasteiger partial charge in [0.05, 0.1) is 0 Å². The van der Waals surface area contributed by atoms with E-state index in [0.29, 0.717) is 34.2 Å². The summed E-state index contributed by atoms with van der Waals surface area (Å²) < 4.78 is 0. The molecule has 0 aromatic heterocycles. The first-order valence-corrected chi connectivity index (χ1v) is 12.7. The summed E-state index contributed by atoms with van der Waals surface area (Å²) in [4.78, 5) is 29.1. The third kappa shape index (κ3) is 7.72. The summed E-state index contributed by atoms with van der Waals surface area (Å²) in [6, 6.07) is 12.9. The molecule has 0 saturated carbocycles. The highest BCUT2D eigenvalue weighted by atomic mass is 35.5. The number of nitrogens with zero attached hydrogens (tertiary/aromatic N) is 1. The van der Waals surface area contributed by atoms with Crippen LogP contribution in [-0.4, -0.2) is 34.6 Å². The van der Waals surface area contributed by atoms with Crippen molar-refractivity contribution in [3.8, 4) is 0 Å². The molecule has 2 aromatic carbocycles. The number of rotatable bonds is 11. The number of hydrogen-bond donors (Lipinski definition) is 1. The van der Waals surface area contributed by atoms with Crippen LogP contribution in [0.25, 0.3) is 0 Å². The van der Waals surface area contributed by atoms with E-state index in [1.807, 2.05) is 27.7 Å². The Bertz CT molecular complexity index is 885. The number of carbonyl (C=O) groups excluding carboxylic acids is 2. The molecule has 0 bridgehead atoms. The van der Waals surface area contributed by atoms with Gasteiger partial charge in [0.1, 0.15) is 6.04 Å². The Morgan fingerprint density at radius 3 is 2.22 bits per heavy atom. The summed E-state index contributed by atoms with van der Waals surface area (Å²) in [5.74, 6) is 0.384. The monoisotopic (exact) mass is 494 g/mol. The highest BCUT2D eigenvalue weighted by molar-refractivity contribution is 7.99. The number of carbonyl (C=O) groups is 2. The lowest BCUT2D eigenvalue weighted by Gasteiger charge is -2.32. The molecule has 174 valence electrons. The standard InChI is InChI=1S/C25H32Cl2N2O2S/c1-5-18(4)28-25(31)23(6-2)29(16-20-21(26)8-7-9-22(20)27)24(30)14-15-32-19-12-10-17(3)11-13-19/h7-13,18,23H,5-6,14-16H2,1-4H3,(H,28,31)/t18-,23+/m0/s1. The predicted molar refractivity (Wildman–Crippen MR) is 136 cm³/mol. The van der Waals surface area contributed by atoms with Gasteiger partial charge in [0, 0.05) is 45.3 Å². The molecule has 1 N–H and O–H groups in total. The smallest absolute Gasteiger partial charge is 0.243 e. The first-order chi connectivity index (χ1) is 15.3. The van der Waals surface area contributed by atoms with Crippen molar-refractivity contribution in [1.29, 1.82) is 0 Å². The fraction of sp³-hybridized carbons (Fsp3) is 0.440. The Balaban J connectivity index is 2.20. The van der Waals surface area contributed by atoms with Gasteiger partial charge in [-0.1, -0.05) is 60.8 Å². The molecule has 0 heterocycles. The van der Waals surface area contributed by atoms with Crippen LogP contribution in [0.3, 0.4) is 0 Å². The Morgan fingerprint density at radius 2 is 1.66 bits per heavy atom. The molecule has 2 amide bonds. The second kappa shape index (κ2) is 13.1. The lowest BCUT2D eigenvalue weighted by molar-refractivity contribution is -0.141. The van der Waals surface area contributed by atoms with E-state index in [9.17, 15) is 9.59 Å². The summed E-state index contributed by atoms with van der Waals surface area (Å²) in [5.41, 5.74) is 1.86. The molecular weight excluding hydrogens is 463 g/mol. The van der Waals surface area contributed by atoms with Gasteiger partial charge in [-0.2, -0.15) is 0 Å². The number of benzene rings is 2. The molecule has 7 heteroatoms. The molecule has 0 saturated heterocycles. The Morgan fingerprint density at radius 1 is 1.03 bits per heavy atom. The summed E-state index contributed by atoms with van der Waals surface area (Å²) in [6.45, 7) is 8.13. The quantitative estimate of drug-likeness (QED) is 0.362. The van der Waals surface area contributed by atoms with Crippen LogP contribution in [-0.2, 0) is 16.1 Å². The van der Waals surface area contributed by atoms with Crippen LogP contribution in [0.4, 0.5) is 0 Å². The number of nitrogens with one attached hydrogen (secondary N) is 1. The molecule has 0 aliphatic heterocycles. The molecule has 2 atom stereocenters. The number of hydrogen-bond acceptors (Lipinski definition) is 3. The molecule has 0 radical (unpaired) electrons. The molecule has 2 rings (SSSR count). The van der Waals surface area contributed by atoms with Crippen molar-refractivity contribution in [3.05, 3.63) is 63.6 Å². The minimum atomic E-state index is -0.590. The van der Waals surface area contributed by atoms with Crippen LogP contribution in [0.1, 0.15) is 51.2 Å². The maximum Gasteiger partial charge on any atom is 0.243 e. The minimum Gasteiger partial charge on any atom is -0.352 e. The van der Waals surface area contributed by atoms with Crippen LogP contribution in [0, 0.1) is 6.92 Å². The largest absolute Gasteiger partial charge is 0.352 e. The molecule has 0 unspecified atom stereocenters. The van der Waals surface area contributed by atoms with Gasteiger partial charge in [0.2, 0.25) is 11.8 Å². The average molecular weight is 496 g/mol. The van der Waals surface area contributed by atoms with E-state index in [1.165, 1.54) is 5.56 Å². The first-order valence-electron chi connectivity index (χ1n) is 11.0. The summed E-state index contributed by atoms with van der Waals surface area (Å²) >= 11 is 14.4. The number of thioether (sulfide) groups is 1. The highest BCUT2D eigenvalue weighted by Gasteiger charge is 2.30. The van der Waals surface area contributed by atoms with Gasteiger partial charge in [-0.15, -0.1) is 11.8 Å². The van der Waals surface area contributed by atoms with E-state index in [-0.39, 0.29) is 24.4 Å². The maximum absolute atomic E-state index is 13.3. The van der Waals surface area contributed by atoms with Crippen molar-refractivity contribution >= 4 is 46.8 Å². The lowest BCUT2D eigenvalue weighted by Crippen LogP contribution is -2.50. The Hall–Kier alpha value is -1.69. The summed E-state index contributed by atoms with van der Waals surface area (Å²) in [5, 5.41) is 3.99. The molecule has 0 spiro atoms. The third-order valence-electron chi connectivity index (χ3n) is 5.38. The van der Waals surface area contributed by atoms with Gasteiger partial charge in [-0.3, -0.25) is 9.59 Å². The maximum atomic E-state index is 13.3. The minimum absolute atomic E-state index is 0.0366.